The van der Waals surface area contributed by atoms with Gasteiger partial charge in [0.15, 0.2) is 0 Å². The van der Waals surface area contributed by atoms with Crippen molar-refractivity contribution < 1.29 is 14.7 Å². The van der Waals surface area contributed by atoms with E-state index in [0.29, 0.717) is 13.1 Å². The standard InChI is InChI=1S/C15H22N2O3/c1-4-17(10-14(18)16-11(2)3)9-12-7-5-6-8-13(12)15(19)20/h5-8,11H,4,9-10H2,1-3H3,(H,16,18)(H,19,20). The molecule has 0 spiro atoms. The van der Waals surface area contributed by atoms with Crippen LogP contribution in [0.4, 0.5) is 0 Å². The summed E-state index contributed by atoms with van der Waals surface area (Å²) in [5.41, 5.74) is 1.01. The summed E-state index contributed by atoms with van der Waals surface area (Å²) in [5.74, 6) is -0.988. The van der Waals surface area contributed by atoms with Gasteiger partial charge in [-0.1, -0.05) is 25.1 Å². The van der Waals surface area contributed by atoms with Crippen molar-refractivity contribution >= 4 is 11.9 Å². The van der Waals surface area contributed by atoms with E-state index in [2.05, 4.69) is 5.32 Å². The lowest BCUT2D eigenvalue weighted by atomic mass is 10.1. The summed E-state index contributed by atoms with van der Waals surface area (Å²) in [7, 11) is 0. The van der Waals surface area contributed by atoms with Gasteiger partial charge in [0.25, 0.3) is 0 Å². The number of carbonyl (C=O) groups is 2. The van der Waals surface area contributed by atoms with Crippen LogP contribution in [0.25, 0.3) is 0 Å². The maximum absolute atomic E-state index is 11.8. The zero-order chi connectivity index (χ0) is 15.1. The van der Waals surface area contributed by atoms with E-state index in [0.717, 1.165) is 5.56 Å². The molecule has 0 atom stereocenters. The van der Waals surface area contributed by atoms with Crippen LogP contribution in [0.5, 0.6) is 0 Å². The average molecular weight is 278 g/mol. The Labute approximate surface area is 119 Å². The molecule has 1 aromatic rings. The summed E-state index contributed by atoms with van der Waals surface area (Å²) in [5, 5.41) is 12.0. The third kappa shape index (κ3) is 5.01. The molecule has 1 amide bonds. The van der Waals surface area contributed by atoms with Crippen LogP contribution >= 0.6 is 0 Å². The highest BCUT2D eigenvalue weighted by molar-refractivity contribution is 5.89. The van der Waals surface area contributed by atoms with Crippen LogP contribution in [-0.2, 0) is 11.3 Å². The van der Waals surface area contributed by atoms with Crippen molar-refractivity contribution in [2.75, 3.05) is 13.1 Å². The lowest BCUT2D eigenvalue weighted by molar-refractivity contribution is -0.122. The van der Waals surface area contributed by atoms with Gasteiger partial charge >= 0.3 is 5.97 Å². The number of likely N-dealkylation sites (N-methyl/N-ethyl adjacent to an activating group) is 1. The molecule has 0 bridgehead atoms. The number of nitrogens with zero attached hydrogens (tertiary/aromatic N) is 1. The molecule has 0 saturated carbocycles. The van der Waals surface area contributed by atoms with E-state index in [1.807, 2.05) is 31.7 Å². The van der Waals surface area contributed by atoms with Crippen LogP contribution in [0, 0.1) is 0 Å². The van der Waals surface area contributed by atoms with Gasteiger partial charge in [-0.2, -0.15) is 0 Å². The highest BCUT2D eigenvalue weighted by Crippen LogP contribution is 2.11. The molecular weight excluding hydrogens is 256 g/mol. The Morgan fingerprint density at radius 3 is 2.50 bits per heavy atom. The Hall–Kier alpha value is -1.88. The second-order valence-electron chi connectivity index (χ2n) is 4.99. The molecule has 1 rings (SSSR count). The number of benzene rings is 1. The second-order valence-corrected chi connectivity index (χ2v) is 4.99. The number of amides is 1. The first-order valence-corrected chi connectivity index (χ1v) is 6.77. The maximum Gasteiger partial charge on any atom is 0.336 e. The lowest BCUT2D eigenvalue weighted by Crippen LogP contribution is -2.39. The monoisotopic (exact) mass is 278 g/mol. The minimum Gasteiger partial charge on any atom is -0.478 e. The number of aromatic carboxylic acids is 1. The molecule has 0 aliphatic rings. The molecular formula is C15H22N2O3. The van der Waals surface area contributed by atoms with E-state index in [-0.39, 0.29) is 24.1 Å². The Morgan fingerprint density at radius 2 is 1.95 bits per heavy atom. The molecule has 0 saturated heterocycles. The van der Waals surface area contributed by atoms with Crippen LogP contribution in [0.2, 0.25) is 0 Å². The van der Waals surface area contributed by atoms with Crippen LogP contribution in [0.3, 0.4) is 0 Å². The minimum atomic E-state index is -0.941. The van der Waals surface area contributed by atoms with Crippen LogP contribution in [-0.4, -0.2) is 41.0 Å². The Bertz CT molecular complexity index is 472. The van der Waals surface area contributed by atoms with Crippen LogP contribution < -0.4 is 5.32 Å². The summed E-state index contributed by atoms with van der Waals surface area (Å²) < 4.78 is 0. The predicted octanol–water partition coefficient (Wildman–Crippen LogP) is 1.73. The normalized spacial score (nSPS) is 10.8. The van der Waals surface area contributed by atoms with Crippen molar-refractivity contribution in [1.82, 2.24) is 10.2 Å². The molecule has 0 fully saturated rings. The quantitative estimate of drug-likeness (QED) is 0.797. The van der Waals surface area contributed by atoms with Crippen LogP contribution in [0.1, 0.15) is 36.7 Å². The fourth-order valence-electron chi connectivity index (χ4n) is 1.96. The van der Waals surface area contributed by atoms with Gasteiger partial charge in [0.2, 0.25) is 5.91 Å². The Balaban J connectivity index is 2.74. The number of carboxylic acids is 1. The summed E-state index contributed by atoms with van der Waals surface area (Å²) >= 11 is 0. The van der Waals surface area contributed by atoms with Gasteiger partial charge in [-0.3, -0.25) is 9.69 Å². The summed E-state index contributed by atoms with van der Waals surface area (Å²) in [6.45, 7) is 7.17. The zero-order valence-electron chi connectivity index (χ0n) is 12.2. The fourth-order valence-corrected chi connectivity index (χ4v) is 1.96. The molecule has 2 N–H and O–H groups in total. The van der Waals surface area contributed by atoms with Crippen LogP contribution in [0.15, 0.2) is 24.3 Å². The van der Waals surface area contributed by atoms with E-state index < -0.39 is 5.97 Å². The van der Waals surface area contributed by atoms with Gasteiger partial charge in [0.05, 0.1) is 12.1 Å². The molecule has 5 heteroatoms. The molecule has 1 aromatic carbocycles. The number of hydrogen-bond donors (Lipinski definition) is 2. The fraction of sp³-hybridized carbons (Fsp3) is 0.467. The molecule has 0 unspecified atom stereocenters. The zero-order valence-corrected chi connectivity index (χ0v) is 12.2. The van der Waals surface area contributed by atoms with E-state index in [4.69, 9.17) is 5.11 Å². The van der Waals surface area contributed by atoms with Crippen molar-refractivity contribution in [2.45, 2.75) is 33.4 Å². The first-order chi connectivity index (χ1) is 9.43. The lowest BCUT2D eigenvalue weighted by Gasteiger charge is -2.21. The Kier molecular flexibility index (Phi) is 6.18. The molecule has 0 aromatic heterocycles. The topological polar surface area (TPSA) is 69.6 Å². The molecule has 5 nitrogen and oxygen atoms in total. The highest BCUT2D eigenvalue weighted by Gasteiger charge is 2.14. The van der Waals surface area contributed by atoms with Gasteiger partial charge in [-0.25, -0.2) is 4.79 Å². The van der Waals surface area contributed by atoms with Crippen molar-refractivity contribution in [3.05, 3.63) is 35.4 Å². The van der Waals surface area contributed by atoms with Gasteiger partial charge in [-0.05, 0) is 32.0 Å². The maximum atomic E-state index is 11.8. The minimum absolute atomic E-state index is 0.0466. The van der Waals surface area contributed by atoms with Gasteiger partial charge in [-0.15, -0.1) is 0 Å². The summed E-state index contributed by atoms with van der Waals surface area (Å²) in [4.78, 5) is 24.8. The number of carbonyl (C=O) groups excluding carboxylic acids is 1. The van der Waals surface area contributed by atoms with Gasteiger partial charge in [0.1, 0.15) is 0 Å². The molecule has 0 radical (unpaired) electrons. The van der Waals surface area contributed by atoms with E-state index in [1.165, 1.54) is 0 Å². The number of nitrogens with one attached hydrogen (secondary N) is 1. The summed E-state index contributed by atoms with van der Waals surface area (Å²) in [6, 6.07) is 6.98. The molecule has 0 aliphatic heterocycles. The van der Waals surface area contributed by atoms with Crippen molar-refractivity contribution in [3.63, 3.8) is 0 Å². The third-order valence-electron chi connectivity index (χ3n) is 2.91. The third-order valence-corrected chi connectivity index (χ3v) is 2.91. The largest absolute Gasteiger partial charge is 0.478 e. The van der Waals surface area contributed by atoms with Gasteiger partial charge in [0, 0.05) is 12.6 Å². The van der Waals surface area contributed by atoms with Crippen molar-refractivity contribution in [2.24, 2.45) is 0 Å². The Morgan fingerprint density at radius 1 is 1.30 bits per heavy atom. The number of rotatable bonds is 7. The first kappa shape index (κ1) is 16.2. The van der Waals surface area contributed by atoms with Crippen molar-refractivity contribution in [1.29, 1.82) is 0 Å². The molecule has 110 valence electrons. The van der Waals surface area contributed by atoms with Gasteiger partial charge < -0.3 is 10.4 Å². The first-order valence-electron chi connectivity index (χ1n) is 6.77. The van der Waals surface area contributed by atoms with E-state index in [9.17, 15) is 9.59 Å². The van der Waals surface area contributed by atoms with E-state index in [1.54, 1.807) is 18.2 Å². The summed E-state index contributed by atoms with van der Waals surface area (Å²) in [6.07, 6.45) is 0. The average Bonchev–Trinajstić information content (AvgIpc) is 2.37. The van der Waals surface area contributed by atoms with E-state index >= 15 is 0 Å². The number of carboxylic acid groups (broad SMARTS) is 1. The molecule has 0 aliphatic carbocycles. The molecule has 20 heavy (non-hydrogen) atoms. The predicted molar refractivity (Wildman–Crippen MR) is 77.6 cm³/mol. The SMILES string of the molecule is CCN(CC(=O)NC(C)C)Cc1ccccc1C(=O)O. The molecule has 0 heterocycles. The second kappa shape index (κ2) is 7.65. The number of hydrogen-bond acceptors (Lipinski definition) is 3. The smallest absolute Gasteiger partial charge is 0.336 e. The van der Waals surface area contributed by atoms with Crippen molar-refractivity contribution in [3.8, 4) is 0 Å². The highest BCUT2D eigenvalue weighted by atomic mass is 16.4.